The number of aryl methyl sites for hydroxylation is 1. The average molecular weight is 527 g/mol. The number of carbonyl (C=O) groups excluding carboxylic acids is 3. The zero-order valence-corrected chi connectivity index (χ0v) is 20.7. The zero-order valence-electron chi connectivity index (χ0n) is 19.1. The molecule has 2 aliphatic rings. The average Bonchev–Trinajstić information content (AvgIpc) is 3.39. The number of Topliss-reactive ketones (excluding diaryl/α,β-unsaturated/α-hetero) is 1. The Hall–Kier alpha value is -3.89. The van der Waals surface area contributed by atoms with Gasteiger partial charge in [-0.3, -0.25) is 14.5 Å². The topological polar surface area (TPSA) is 115 Å². The summed E-state index contributed by atoms with van der Waals surface area (Å²) in [6.07, 6.45) is 0. The maximum Gasteiger partial charge on any atom is 0.350 e. The number of aromatic nitrogens is 1. The van der Waals surface area contributed by atoms with E-state index in [0.717, 1.165) is 11.3 Å². The molecular weight excluding hydrogens is 508 g/mol. The van der Waals surface area contributed by atoms with Crippen LogP contribution in [0.25, 0.3) is 5.76 Å². The maximum atomic E-state index is 13.3. The molecule has 1 fully saturated rings. The third kappa shape index (κ3) is 3.98. The Bertz CT molecular complexity index is 1450. The van der Waals surface area contributed by atoms with Crippen LogP contribution in [0.5, 0.6) is 11.5 Å². The minimum absolute atomic E-state index is 0.112. The van der Waals surface area contributed by atoms with Crippen LogP contribution in [0.3, 0.4) is 0 Å². The molecule has 3 aromatic rings. The van der Waals surface area contributed by atoms with Crippen molar-refractivity contribution in [3.63, 3.8) is 0 Å². The predicted octanol–water partition coefficient (Wildman–Crippen LogP) is 4.29. The lowest BCUT2D eigenvalue weighted by Gasteiger charge is -2.23. The van der Waals surface area contributed by atoms with Crippen molar-refractivity contribution >= 4 is 51.5 Å². The molecule has 0 radical (unpaired) electrons. The van der Waals surface area contributed by atoms with Gasteiger partial charge < -0.3 is 19.3 Å². The first-order valence-corrected chi connectivity index (χ1v) is 12.0. The van der Waals surface area contributed by atoms with E-state index in [9.17, 15) is 19.5 Å². The predicted molar refractivity (Wildman–Crippen MR) is 132 cm³/mol. The number of benzene rings is 2. The van der Waals surface area contributed by atoms with E-state index in [2.05, 4.69) is 4.98 Å². The second-order valence-corrected chi connectivity index (χ2v) is 9.40. The number of anilines is 1. The van der Waals surface area contributed by atoms with Gasteiger partial charge in [-0.15, -0.1) is 0 Å². The molecule has 36 heavy (non-hydrogen) atoms. The van der Waals surface area contributed by atoms with Gasteiger partial charge in [0.25, 0.3) is 5.78 Å². The summed E-state index contributed by atoms with van der Waals surface area (Å²) in [4.78, 5) is 44.5. The second kappa shape index (κ2) is 9.29. The fourth-order valence-corrected chi connectivity index (χ4v) is 5.35. The summed E-state index contributed by atoms with van der Waals surface area (Å²) in [5.74, 6) is -1.87. The van der Waals surface area contributed by atoms with Crippen molar-refractivity contribution < 1.29 is 33.7 Å². The van der Waals surface area contributed by atoms with Crippen LogP contribution < -0.4 is 14.4 Å². The highest BCUT2D eigenvalue weighted by atomic mass is 35.5. The van der Waals surface area contributed by atoms with Gasteiger partial charge in [0.1, 0.15) is 23.9 Å². The molecule has 0 saturated carbocycles. The van der Waals surface area contributed by atoms with Gasteiger partial charge in [-0.25, -0.2) is 9.78 Å². The van der Waals surface area contributed by atoms with Crippen LogP contribution >= 0.6 is 22.9 Å². The van der Waals surface area contributed by atoms with Crippen LogP contribution in [0, 0.1) is 6.92 Å². The van der Waals surface area contributed by atoms with E-state index in [4.69, 9.17) is 25.8 Å². The molecular formula is C25H19ClN2O7S. The van der Waals surface area contributed by atoms with Crippen molar-refractivity contribution in [2.24, 2.45) is 0 Å². The van der Waals surface area contributed by atoms with E-state index in [1.54, 1.807) is 49.4 Å². The summed E-state index contributed by atoms with van der Waals surface area (Å²) >= 11 is 7.15. The smallest absolute Gasteiger partial charge is 0.350 e. The monoisotopic (exact) mass is 526 g/mol. The highest BCUT2D eigenvalue weighted by Gasteiger charge is 2.48. The van der Waals surface area contributed by atoms with E-state index in [0.29, 0.717) is 41.0 Å². The molecule has 2 aromatic carbocycles. The number of ketones is 1. The van der Waals surface area contributed by atoms with Crippen LogP contribution in [0.2, 0.25) is 5.02 Å². The van der Waals surface area contributed by atoms with E-state index in [-0.39, 0.29) is 26.9 Å². The number of aliphatic hydroxyl groups is 1. The summed E-state index contributed by atoms with van der Waals surface area (Å²) in [6, 6.07) is 10.3. The van der Waals surface area contributed by atoms with Crippen LogP contribution in [0.4, 0.5) is 5.13 Å². The lowest BCUT2D eigenvalue weighted by atomic mass is 9.95. The van der Waals surface area contributed by atoms with Gasteiger partial charge in [0.2, 0.25) is 0 Å². The Kier molecular flexibility index (Phi) is 6.15. The molecule has 9 nitrogen and oxygen atoms in total. The minimum atomic E-state index is -1.05. The molecule has 3 heterocycles. The number of amides is 1. The number of rotatable bonds is 4. The van der Waals surface area contributed by atoms with Gasteiger partial charge in [-0.05, 0) is 42.8 Å². The fraction of sp³-hybridized carbons (Fsp3) is 0.200. The second-order valence-electron chi connectivity index (χ2n) is 7.99. The lowest BCUT2D eigenvalue weighted by molar-refractivity contribution is -0.132. The number of hydrogen-bond donors (Lipinski definition) is 1. The van der Waals surface area contributed by atoms with Crippen molar-refractivity contribution in [2.75, 3.05) is 25.2 Å². The van der Waals surface area contributed by atoms with Crippen molar-refractivity contribution in [3.8, 4) is 11.5 Å². The van der Waals surface area contributed by atoms with Crippen molar-refractivity contribution in [3.05, 3.63) is 74.8 Å². The first-order chi connectivity index (χ1) is 17.3. The summed E-state index contributed by atoms with van der Waals surface area (Å²) in [5, 5.41) is 11.8. The highest BCUT2D eigenvalue weighted by molar-refractivity contribution is 7.17. The van der Waals surface area contributed by atoms with E-state index in [1.165, 1.54) is 12.0 Å². The Labute approximate surface area is 214 Å². The molecule has 1 aromatic heterocycles. The number of fused-ring (bicyclic) bond motifs is 1. The summed E-state index contributed by atoms with van der Waals surface area (Å²) < 4.78 is 15.9. The molecule has 1 saturated heterocycles. The van der Waals surface area contributed by atoms with Crippen LogP contribution in [0.1, 0.15) is 32.5 Å². The van der Waals surface area contributed by atoms with Gasteiger partial charge in [0.15, 0.2) is 16.6 Å². The van der Waals surface area contributed by atoms with Gasteiger partial charge >= 0.3 is 11.9 Å². The molecule has 1 atom stereocenters. The number of methoxy groups -OCH3 is 1. The maximum absolute atomic E-state index is 13.3. The summed E-state index contributed by atoms with van der Waals surface area (Å²) in [5.41, 5.74) is 0.954. The molecule has 1 N–H and O–H groups in total. The van der Waals surface area contributed by atoms with Gasteiger partial charge in [0.05, 0.1) is 24.4 Å². The molecule has 2 aliphatic heterocycles. The zero-order chi connectivity index (χ0) is 25.6. The van der Waals surface area contributed by atoms with Crippen molar-refractivity contribution in [2.45, 2.75) is 13.0 Å². The SMILES string of the molecule is COC(=O)c1sc(N2C(=O)C(=O)C(=C(O)c3ccc4c(c3)OCCO4)[C@@H]2c2cccc(Cl)c2)nc1C. The van der Waals surface area contributed by atoms with Crippen LogP contribution in [-0.2, 0) is 14.3 Å². The van der Waals surface area contributed by atoms with E-state index < -0.39 is 23.7 Å². The molecule has 184 valence electrons. The first kappa shape index (κ1) is 23.8. The Balaban J connectivity index is 1.69. The fourth-order valence-electron chi connectivity index (χ4n) is 4.14. The largest absolute Gasteiger partial charge is 0.507 e. The summed E-state index contributed by atoms with van der Waals surface area (Å²) in [7, 11) is 1.24. The Morgan fingerprint density at radius 3 is 2.64 bits per heavy atom. The van der Waals surface area contributed by atoms with E-state index in [1.807, 2.05) is 0 Å². The third-order valence-corrected chi connectivity index (χ3v) is 7.16. The highest BCUT2D eigenvalue weighted by Crippen LogP contribution is 2.45. The van der Waals surface area contributed by atoms with Crippen LogP contribution in [0.15, 0.2) is 48.0 Å². The number of hydrogen-bond acceptors (Lipinski definition) is 9. The van der Waals surface area contributed by atoms with Crippen molar-refractivity contribution in [1.29, 1.82) is 0 Å². The third-order valence-electron chi connectivity index (χ3n) is 5.79. The number of thiazole rings is 1. The lowest BCUT2D eigenvalue weighted by Crippen LogP contribution is -2.29. The standard InChI is InChI=1S/C25H19ClN2O7S/c1-12-22(24(32)33-2)36-25(27-12)28-19(13-4-3-5-15(26)10-13)18(21(30)23(28)31)20(29)14-6-7-16-17(11-14)35-9-8-34-16/h3-7,10-11,19,29H,8-9H2,1-2H3/t19-/m0/s1. The molecule has 0 spiro atoms. The van der Waals surface area contributed by atoms with Gasteiger partial charge in [-0.2, -0.15) is 0 Å². The number of halogens is 1. The number of ether oxygens (including phenoxy) is 3. The van der Waals surface area contributed by atoms with Gasteiger partial charge in [-0.1, -0.05) is 35.1 Å². The molecule has 0 aliphatic carbocycles. The number of carbonyl (C=O) groups is 3. The molecule has 1 amide bonds. The number of esters is 1. The first-order valence-electron chi connectivity index (χ1n) is 10.8. The molecule has 0 bridgehead atoms. The Morgan fingerprint density at radius 1 is 1.17 bits per heavy atom. The summed E-state index contributed by atoms with van der Waals surface area (Å²) in [6.45, 7) is 2.35. The quantitative estimate of drug-likeness (QED) is 0.232. The Morgan fingerprint density at radius 2 is 1.92 bits per heavy atom. The van der Waals surface area contributed by atoms with E-state index >= 15 is 0 Å². The normalized spacial score (nSPS) is 18.4. The van der Waals surface area contributed by atoms with Crippen molar-refractivity contribution in [1.82, 2.24) is 4.98 Å². The molecule has 11 heteroatoms. The van der Waals surface area contributed by atoms with Crippen LogP contribution in [-0.4, -0.2) is 48.1 Å². The number of nitrogens with zero attached hydrogens (tertiary/aromatic N) is 2. The van der Waals surface area contributed by atoms with Gasteiger partial charge in [0, 0.05) is 10.6 Å². The number of aliphatic hydroxyl groups excluding tert-OH is 1. The molecule has 5 rings (SSSR count). The minimum Gasteiger partial charge on any atom is -0.507 e. The molecule has 0 unspecified atom stereocenters.